The molecular weight excluding hydrogens is 422 g/mol. The van der Waals surface area contributed by atoms with Gasteiger partial charge in [0.1, 0.15) is 5.82 Å². The maximum Gasteiger partial charge on any atom is 0.277 e. The van der Waals surface area contributed by atoms with Gasteiger partial charge in [-0.15, -0.1) is 0 Å². The van der Waals surface area contributed by atoms with Gasteiger partial charge in [-0.05, 0) is 23.8 Å². The fourth-order valence-electron chi connectivity index (χ4n) is 2.97. The maximum atomic E-state index is 12.9. The van der Waals surface area contributed by atoms with E-state index in [-0.39, 0.29) is 11.3 Å². The number of amides is 1. The van der Waals surface area contributed by atoms with Crippen LogP contribution in [-0.4, -0.2) is 25.5 Å². The lowest BCUT2D eigenvalue weighted by molar-refractivity contribution is 0.102. The quantitative estimate of drug-likeness (QED) is 0.531. The summed E-state index contributed by atoms with van der Waals surface area (Å²) >= 11 is 3.42. The van der Waals surface area contributed by atoms with Crippen LogP contribution in [0, 0.1) is 0 Å². The van der Waals surface area contributed by atoms with Gasteiger partial charge >= 0.3 is 0 Å². The van der Waals surface area contributed by atoms with Crippen LogP contribution in [0.15, 0.2) is 70.1 Å². The van der Waals surface area contributed by atoms with Gasteiger partial charge in [-0.25, -0.2) is 9.36 Å². The molecule has 1 amide bonds. The molecule has 1 N–H and O–H groups in total. The number of nitrogens with zero attached hydrogens (tertiary/aromatic N) is 4. The minimum Gasteiger partial charge on any atom is -0.305 e. The zero-order valence-electron chi connectivity index (χ0n) is 15.0. The first-order chi connectivity index (χ1) is 13.5. The predicted molar refractivity (Wildman–Crippen MR) is 110 cm³/mol. The van der Waals surface area contributed by atoms with E-state index >= 15 is 0 Å². The minimum atomic E-state index is -0.399. The van der Waals surface area contributed by atoms with Crippen molar-refractivity contribution in [1.82, 2.24) is 19.6 Å². The Morgan fingerprint density at radius 3 is 2.54 bits per heavy atom. The van der Waals surface area contributed by atoms with Crippen LogP contribution in [0.25, 0.3) is 10.8 Å². The van der Waals surface area contributed by atoms with E-state index in [0.717, 1.165) is 10.0 Å². The SMILES string of the molecule is Cn1nc(C(=O)Nc2ccnn2Cc2ccc(Br)cc2)c2ccccc2c1=O. The first-order valence-electron chi connectivity index (χ1n) is 8.56. The van der Waals surface area contributed by atoms with Crippen LogP contribution in [0.5, 0.6) is 0 Å². The highest BCUT2D eigenvalue weighted by molar-refractivity contribution is 9.10. The van der Waals surface area contributed by atoms with Crippen LogP contribution in [0.1, 0.15) is 16.1 Å². The zero-order valence-corrected chi connectivity index (χ0v) is 16.5. The fourth-order valence-corrected chi connectivity index (χ4v) is 3.23. The molecule has 2 heterocycles. The molecule has 0 spiro atoms. The molecule has 0 aliphatic rings. The van der Waals surface area contributed by atoms with Crippen LogP contribution in [0.2, 0.25) is 0 Å². The summed E-state index contributed by atoms with van der Waals surface area (Å²) in [5.74, 6) is 0.150. The molecular formula is C20H16BrN5O2. The number of anilines is 1. The number of aromatic nitrogens is 4. The summed E-state index contributed by atoms with van der Waals surface area (Å²) in [5, 5.41) is 12.3. The van der Waals surface area contributed by atoms with E-state index in [1.807, 2.05) is 24.3 Å². The van der Waals surface area contributed by atoms with Crippen molar-refractivity contribution in [3.63, 3.8) is 0 Å². The number of hydrogen-bond acceptors (Lipinski definition) is 4. The topological polar surface area (TPSA) is 81.8 Å². The Hall–Kier alpha value is -3.26. The summed E-state index contributed by atoms with van der Waals surface area (Å²) in [4.78, 5) is 25.2. The molecule has 140 valence electrons. The van der Waals surface area contributed by atoms with E-state index in [9.17, 15) is 9.59 Å². The number of hydrogen-bond donors (Lipinski definition) is 1. The van der Waals surface area contributed by atoms with Gasteiger partial charge in [0.15, 0.2) is 5.69 Å². The second kappa shape index (κ2) is 7.40. The standard InChI is InChI=1S/C20H16BrN5O2/c1-25-20(28)16-5-3-2-4-15(16)18(24-25)19(27)23-17-10-11-22-26(17)12-13-6-8-14(21)9-7-13/h2-11H,12H2,1H3,(H,23,27). The van der Waals surface area contributed by atoms with Crippen molar-refractivity contribution >= 4 is 38.4 Å². The normalized spacial score (nSPS) is 10.9. The molecule has 4 rings (SSSR count). The third-order valence-corrected chi connectivity index (χ3v) is 4.90. The molecule has 28 heavy (non-hydrogen) atoms. The molecule has 0 radical (unpaired) electrons. The number of carbonyl (C=O) groups excluding carboxylic acids is 1. The molecule has 0 fully saturated rings. The van der Waals surface area contributed by atoms with Crippen molar-refractivity contribution in [2.75, 3.05) is 5.32 Å². The van der Waals surface area contributed by atoms with Gasteiger partial charge in [0.2, 0.25) is 0 Å². The third kappa shape index (κ3) is 3.46. The first-order valence-corrected chi connectivity index (χ1v) is 9.36. The second-order valence-corrected chi connectivity index (χ2v) is 7.19. The highest BCUT2D eigenvalue weighted by atomic mass is 79.9. The van der Waals surface area contributed by atoms with Crippen molar-refractivity contribution in [3.05, 3.63) is 86.9 Å². The van der Waals surface area contributed by atoms with Crippen LogP contribution in [0.4, 0.5) is 5.82 Å². The lowest BCUT2D eigenvalue weighted by Gasteiger charge is -2.11. The summed E-state index contributed by atoms with van der Waals surface area (Å²) in [5.41, 5.74) is 0.995. The summed E-state index contributed by atoms with van der Waals surface area (Å²) in [6, 6.07) is 16.6. The van der Waals surface area contributed by atoms with Crippen molar-refractivity contribution in [2.24, 2.45) is 7.05 Å². The molecule has 0 bridgehead atoms. The molecule has 0 aliphatic heterocycles. The van der Waals surface area contributed by atoms with E-state index in [4.69, 9.17) is 0 Å². The number of benzene rings is 2. The van der Waals surface area contributed by atoms with E-state index < -0.39 is 5.91 Å². The Balaban J connectivity index is 1.65. The zero-order chi connectivity index (χ0) is 19.7. The molecule has 2 aromatic carbocycles. The highest BCUT2D eigenvalue weighted by Gasteiger charge is 2.17. The van der Waals surface area contributed by atoms with Gasteiger partial charge in [-0.3, -0.25) is 9.59 Å². The predicted octanol–water partition coefficient (Wildman–Crippen LogP) is 3.19. The largest absolute Gasteiger partial charge is 0.305 e. The van der Waals surface area contributed by atoms with Crippen LogP contribution < -0.4 is 10.9 Å². The van der Waals surface area contributed by atoms with Crippen LogP contribution in [0.3, 0.4) is 0 Å². The van der Waals surface area contributed by atoms with E-state index in [1.54, 1.807) is 41.2 Å². The van der Waals surface area contributed by atoms with Gasteiger partial charge in [0.25, 0.3) is 11.5 Å². The van der Waals surface area contributed by atoms with Gasteiger partial charge in [0, 0.05) is 23.0 Å². The van der Waals surface area contributed by atoms with Crippen LogP contribution in [-0.2, 0) is 13.6 Å². The molecule has 0 aliphatic carbocycles. The van der Waals surface area contributed by atoms with Gasteiger partial charge in [0.05, 0.1) is 18.1 Å². The number of nitrogens with one attached hydrogen (secondary N) is 1. The van der Waals surface area contributed by atoms with E-state index in [0.29, 0.717) is 23.1 Å². The van der Waals surface area contributed by atoms with Gasteiger partial charge in [-0.2, -0.15) is 10.2 Å². The third-order valence-electron chi connectivity index (χ3n) is 4.38. The smallest absolute Gasteiger partial charge is 0.277 e. The molecule has 2 aromatic heterocycles. The first kappa shape index (κ1) is 18.1. The maximum absolute atomic E-state index is 12.9. The molecule has 7 nitrogen and oxygen atoms in total. The summed E-state index contributed by atoms with van der Waals surface area (Å²) < 4.78 is 3.87. The Morgan fingerprint density at radius 1 is 1.07 bits per heavy atom. The summed E-state index contributed by atoms with van der Waals surface area (Å²) in [6.07, 6.45) is 1.63. The highest BCUT2D eigenvalue weighted by Crippen LogP contribution is 2.17. The second-order valence-electron chi connectivity index (χ2n) is 6.28. The molecule has 8 heteroatoms. The number of halogens is 1. The summed E-state index contributed by atoms with van der Waals surface area (Å²) in [7, 11) is 1.53. The van der Waals surface area contributed by atoms with E-state index in [2.05, 4.69) is 31.4 Å². The van der Waals surface area contributed by atoms with Crippen molar-refractivity contribution in [2.45, 2.75) is 6.54 Å². The monoisotopic (exact) mass is 437 g/mol. The van der Waals surface area contributed by atoms with Gasteiger partial charge in [-0.1, -0.05) is 46.3 Å². The van der Waals surface area contributed by atoms with Crippen molar-refractivity contribution < 1.29 is 4.79 Å². The Morgan fingerprint density at radius 2 is 1.79 bits per heavy atom. The van der Waals surface area contributed by atoms with Crippen LogP contribution >= 0.6 is 15.9 Å². The lowest BCUT2D eigenvalue weighted by Crippen LogP contribution is -2.26. The Bertz CT molecular complexity index is 1230. The van der Waals surface area contributed by atoms with E-state index in [1.165, 1.54) is 11.7 Å². The number of aryl methyl sites for hydroxylation is 1. The van der Waals surface area contributed by atoms with Gasteiger partial charge < -0.3 is 5.32 Å². The average molecular weight is 438 g/mol. The van der Waals surface area contributed by atoms with Crippen molar-refractivity contribution in [1.29, 1.82) is 0 Å². The summed E-state index contributed by atoms with van der Waals surface area (Å²) in [6.45, 7) is 0.511. The molecule has 4 aromatic rings. The number of rotatable bonds is 4. The lowest BCUT2D eigenvalue weighted by atomic mass is 10.1. The van der Waals surface area contributed by atoms with Crippen molar-refractivity contribution in [3.8, 4) is 0 Å². The number of fused-ring (bicyclic) bond motifs is 1. The molecule has 0 unspecified atom stereocenters. The average Bonchev–Trinajstić information content (AvgIpc) is 3.13. The minimum absolute atomic E-state index is 0.189. The Labute approximate surface area is 168 Å². The fraction of sp³-hybridized carbons (Fsp3) is 0.100. The molecule has 0 saturated heterocycles. The molecule has 0 atom stereocenters. The molecule has 0 saturated carbocycles. The number of carbonyl (C=O) groups is 1. The Kier molecular flexibility index (Phi) is 4.79.